The van der Waals surface area contributed by atoms with Crippen LogP contribution in [0.2, 0.25) is 0 Å². The number of amides is 1. The molecule has 1 aliphatic rings. The van der Waals surface area contributed by atoms with E-state index in [1.807, 2.05) is 6.07 Å². The lowest BCUT2D eigenvalue weighted by atomic mass is 10.2. The van der Waals surface area contributed by atoms with Crippen LogP contribution in [-0.4, -0.2) is 23.6 Å². The molecule has 1 aliphatic carbocycles. The van der Waals surface area contributed by atoms with Crippen molar-refractivity contribution in [3.05, 3.63) is 29.8 Å². The zero-order chi connectivity index (χ0) is 13.8. The average molecular weight is 278 g/mol. The lowest BCUT2D eigenvalue weighted by Gasteiger charge is -2.13. The molecule has 1 fully saturated rings. The Morgan fingerprint density at radius 3 is 2.95 bits per heavy atom. The van der Waals surface area contributed by atoms with Gasteiger partial charge in [-0.1, -0.05) is 24.4 Å². The number of hydrogen-bond acceptors (Lipinski definition) is 3. The molecule has 0 spiro atoms. The summed E-state index contributed by atoms with van der Waals surface area (Å²) in [6, 6.07) is 7.17. The van der Waals surface area contributed by atoms with Crippen molar-refractivity contribution >= 4 is 28.8 Å². The molecule has 1 unspecified atom stereocenters. The standard InChI is InChI=1S/C14H18N2O2S/c1-9(18-8-10-5-6-10)14(17)16-12-4-2-3-11(7-12)13(15)19/h2-4,7,9-10H,5-6,8H2,1H3,(H2,15,19)(H,16,17). The van der Waals surface area contributed by atoms with Gasteiger partial charge < -0.3 is 15.8 Å². The first-order valence-electron chi connectivity index (χ1n) is 6.38. The van der Waals surface area contributed by atoms with Gasteiger partial charge >= 0.3 is 0 Å². The normalized spacial score (nSPS) is 15.8. The second-order valence-corrected chi connectivity index (χ2v) is 5.29. The van der Waals surface area contributed by atoms with Crippen molar-refractivity contribution in [3.8, 4) is 0 Å². The number of carbonyl (C=O) groups is 1. The van der Waals surface area contributed by atoms with E-state index < -0.39 is 6.10 Å². The number of benzene rings is 1. The highest BCUT2D eigenvalue weighted by Gasteiger charge is 2.24. The Labute approximate surface area is 118 Å². The molecule has 2 rings (SSSR count). The fourth-order valence-corrected chi connectivity index (χ4v) is 1.76. The number of anilines is 1. The Kier molecular flexibility index (Phi) is 4.50. The van der Waals surface area contributed by atoms with Crippen LogP contribution in [0.25, 0.3) is 0 Å². The molecule has 1 atom stereocenters. The molecule has 1 aromatic rings. The molecule has 0 radical (unpaired) electrons. The Hall–Kier alpha value is -1.46. The van der Waals surface area contributed by atoms with Crippen molar-refractivity contribution in [1.82, 2.24) is 0 Å². The first kappa shape index (κ1) is 14.0. The summed E-state index contributed by atoms with van der Waals surface area (Å²) in [4.78, 5) is 12.2. The van der Waals surface area contributed by atoms with E-state index in [1.54, 1.807) is 25.1 Å². The maximum absolute atomic E-state index is 11.9. The molecule has 0 aromatic heterocycles. The average Bonchev–Trinajstić information content (AvgIpc) is 3.20. The lowest BCUT2D eigenvalue weighted by Crippen LogP contribution is -2.28. The van der Waals surface area contributed by atoms with Gasteiger partial charge in [0.1, 0.15) is 11.1 Å². The summed E-state index contributed by atoms with van der Waals surface area (Å²) in [6.07, 6.45) is 1.98. The van der Waals surface area contributed by atoms with Crippen molar-refractivity contribution in [3.63, 3.8) is 0 Å². The summed E-state index contributed by atoms with van der Waals surface area (Å²) in [7, 11) is 0. The Balaban J connectivity index is 1.89. The summed E-state index contributed by atoms with van der Waals surface area (Å²) >= 11 is 4.90. The minimum atomic E-state index is -0.450. The quantitative estimate of drug-likeness (QED) is 0.782. The Bertz CT molecular complexity index is 486. The number of carbonyl (C=O) groups excluding carboxylic acids is 1. The van der Waals surface area contributed by atoms with E-state index in [9.17, 15) is 4.79 Å². The fraction of sp³-hybridized carbons (Fsp3) is 0.429. The van der Waals surface area contributed by atoms with E-state index >= 15 is 0 Å². The monoisotopic (exact) mass is 278 g/mol. The molecule has 0 bridgehead atoms. The van der Waals surface area contributed by atoms with Crippen molar-refractivity contribution in [1.29, 1.82) is 0 Å². The predicted molar refractivity (Wildman–Crippen MR) is 79.1 cm³/mol. The highest BCUT2D eigenvalue weighted by Crippen LogP contribution is 2.29. The number of ether oxygens (including phenoxy) is 1. The van der Waals surface area contributed by atoms with Crippen LogP contribution in [-0.2, 0) is 9.53 Å². The summed E-state index contributed by atoms with van der Waals surface area (Å²) < 4.78 is 5.52. The molecule has 5 heteroatoms. The molecule has 1 amide bonds. The minimum Gasteiger partial charge on any atom is -0.389 e. The van der Waals surface area contributed by atoms with Gasteiger partial charge in [-0.2, -0.15) is 0 Å². The lowest BCUT2D eigenvalue weighted by molar-refractivity contribution is -0.126. The molecule has 4 nitrogen and oxygen atoms in total. The molecule has 102 valence electrons. The second kappa shape index (κ2) is 6.12. The molecular formula is C14H18N2O2S. The highest BCUT2D eigenvalue weighted by atomic mass is 32.1. The topological polar surface area (TPSA) is 64.3 Å². The first-order valence-corrected chi connectivity index (χ1v) is 6.79. The van der Waals surface area contributed by atoms with Gasteiger partial charge in [0.25, 0.3) is 5.91 Å². The van der Waals surface area contributed by atoms with Gasteiger partial charge in [0.05, 0.1) is 6.61 Å². The van der Waals surface area contributed by atoms with Gasteiger partial charge in [0.2, 0.25) is 0 Å². The molecule has 19 heavy (non-hydrogen) atoms. The molecule has 1 aromatic carbocycles. The number of rotatable bonds is 6. The third kappa shape index (κ3) is 4.29. The second-order valence-electron chi connectivity index (χ2n) is 4.85. The van der Waals surface area contributed by atoms with Crippen LogP contribution in [0.15, 0.2) is 24.3 Å². The third-order valence-corrected chi connectivity index (χ3v) is 3.30. The van der Waals surface area contributed by atoms with Crippen LogP contribution >= 0.6 is 12.2 Å². The van der Waals surface area contributed by atoms with Crippen molar-refractivity contribution in [2.24, 2.45) is 11.7 Å². The first-order chi connectivity index (χ1) is 9.06. The van der Waals surface area contributed by atoms with Crippen molar-refractivity contribution in [2.75, 3.05) is 11.9 Å². The van der Waals surface area contributed by atoms with Crippen LogP contribution in [0.4, 0.5) is 5.69 Å². The van der Waals surface area contributed by atoms with Gasteiger partial charge in [0, 0.05) is 11.3 Å². The summed E-state index contributed by atoms with van der Waals surface area (Å²) in [5, 5.41) is 2.80. The maximum atomic E-state index is 11.9. The zero-order valence-corrected chi connectivity index (χ0v) is 11.7. The molecule has 0 aliphatic heterocycles. The molecule has 1 saturated carbocycles. The molecule has 0 saturated heterocycles. The van der Waals surface area contributed by atoms with Gasteiger partial charge in [-0.3, -0.25) is 4.79 Å². The van der Waals surface area contributed by atoms with Crippen molar-refractivity contribution < 1.29 is 9.53 Å². The van der Waals surface area contributed by atoms with Crippen LogP contribution in [0, 0.1) is 5.92 Å². The number of nitrogens with two attached hydrogens (primary N) is 1. The van der Waals surface area contributed by atoms with E-state index in [2.05, 4.69) is 5.32 Å². The Morgan fingerprint density at radius 2 is 2.32 bits per heavy atom. The number of nitrogens with one attached hydrogen (secondary N) is 1. The maximum Gasteiger partial charge on any atom is 0.253 e. The highest BCUT2D eigenvalue weighted by molar-refractivity contribution is 7.80. The van der Waals surface area contributed by atoms with E-state index in [0.717, 1.165) is 5.56 Å². The SMILES string of the molecule is CC(OCC1CC1)C(=O)Nc1cccc(C(N)=S)c1. The van der Waals surface area contributed by atoms with Crippen LogP contribution in [0.5, 0.6) is 0 Å². The molecule has 0 heterocycles. The van der Waals surface area contributed by atoms with E-state index in [0.29, 0.717) is 23.2 Å². The summed E-state index contributed by atoms with van der Waals surface area (Å²) in [6.45, 7) is 2.43. The molecule has 3 N–H and O–H groups in total. The van der Waals surface area contributed by atoms with E-state index in [4.69, 9.17) is 22.7 Å². The Morgan fingerprint density at radius 1 is 1.58 bits per heavy atom. The van der Waals surface area contributed by atoms with E-state index in [1.165, 1.54) is 12.8 Å². The van der Waals surface area contributed by atoms with Crippen LogP contribution < -0.4 is 11.1 Å². The van der Waals surface area contributed by atoms with Crippen LogP contribution in [0.3, 0.4) is 0 Å². The number of thiocarbonyl (C=S) groups is 1. The molecular weight excluding hydrogens is 260 g/mol. The summed E-state index contributed by atoms with van der Waals surface area (Å²) in [5.41, 5.74) is 6.97. The van der Waals surface area contributed by atoms with Crippen molar-refractivity contribution in [2.45, 2.75) is 25.9 Å². The fourth-order valence-electron chi connectivity index (χ4n) is 1.63. The third-order valence-electron chi connectivity index (χ3n) is 3.06. The van der Waals surface area contributed by atoms with Gasteiger partial charge in [0.15, 0.2) is 0 Å². The van der Waals surface area contributed by atoms with Gasteiger partial charge in [-0.25, -0.2) is 0 Å². The minimum absolute atomic E-state index is 0.152. The number of hydrogen-bond donors (Lipinski definition) is 2. The van der Waals surface area contributed by atoms with Gasteiger partial charge in [-0.15, -0.1) is 0 Å². The van der Waals surface area contributed by atoms with E-state index in [-0.39, 0.29) is 5.91 Å². The summed E-state index contributed by atoms with van der Waals surface area (Å²) in [5.74, 6) is 0.494. The predicted octanol–water partition coefficient (Wildman–Crippen LogP) is 2.07. The van der Waals surface area contributed by atoms with Crippen LogP contribution in [0.1, 0.15) is 25.3 Å². The largest absolute Gasteiger partial charge is 0.389 e. The zero-order valence-electron chi connectivity index (χ0n) is 10.9. The van der Waals surface area contributed by atoms with Gasteiger partial charge in [-0.05, 0) is 37.8 Å². The smallest absolute Gasteiger partial charge is 0.253 e.